The normalized spacial score (nSPS) is 11.6. The number of pyridine rings is 1. The fraction of sp³-hybridized carbons (Fsp3) is 0.294. The molecular formula is C17H21N3OS. The van der Waals surface area contributed by atoms with Crippen LogP contribution in [0.15, 0.2) is 36.5 Å². The number of rotatable bonds is 4. The summed E-state index contributed by atoms with van der Waals surface area (Å²) in [5.41, 5.74) is 3.71. The second-order valence-electron chi connectivity index (χ2n) is 5.23. The number of aromatic nitrogens is 1. The monoisotopic (exact) mass is 315 g/mol. The van der Waals surface area contributed by atoms with Gasteiger partial charge in [0.15, 0.2) is 16.7 Å². The highest BCUT2D eigenvalue weighted by Crippen LogP contribution is 2.21. The maximum absolute atomic E-state index is 5.38. The number of hydrogen-bond donors (Lipinski definition) is 2. The standard InChI is InChI=1S/C17H21N3OS/c1-11-7-8-12(2)14(10-11)13(3)19-17(22)20-16-15(21-4)6-5-9-18-16/h5-10,13H,1-4H3,(H2,18,19,20,22)/t13-/m1/s1. The van der Waals surface area contributed by atoms with Crippen molar-refractivity contribution in [2.45, 2.75) is 26.8 Å². The highest BCUT2D eigenvalue weighted by molar-refractivity contribution is 7.80. The van der Waals surface area contributed by atoms with Gasteiger partial charge in [-0.25, -0.2) is 4.98 Å². The summed E-state index contributed by atoms with van der Waals surface area (Å²) in [6, 6.07) is 10.2. The Hall–Kier alpha value is -2.14. The van der Waals surface area contributed by atoms with Crippen LogP contribution in [-0.2, 0) is 0 Å². The third-order valence-corrected chi connectivity index (χ3v) is 3.69. The molecular weight excluding hydrogens is 294 g/mol. The van der Waals surface area contributed by atoms with Gasteiger partial charge in [0.05, 0.1) is 13.2 Å². The van der Waals surface area contributed by atoms with E-state index in [2.05, 4.69) is 54.6 Å². The van der Waals surface area contributed by atoms with Gasteiger partial charge in [-0.3, -0.25) is 0 Å². The summed E-state index contributed by atoms with van der Waals surface area (Å²) in [5.74, 6) is 1.27. The first-order chi connectivity index (χ1) is 10.5. The van der Waals surface area contributed by atoms with Crippen LogP contribution in [0, 0.1) is 13.8 Å². The number of nitrogens with one attached hydrogen (secondary N) is 2. The molecule has 5 heteroatoms. The van der Waals surface area contributed by atoms with Crippen molar-refractivity contribution in [3.8, 4) is 5.75 Å². The molecule has 116 valence electrons. The van der Waals surface area contributed by atoms with Gasteiger partial charge in [0.1, 0.15) is 0 Å². The van der Waals surface area contributed by atoms with Crippen molar-refractivity contribution < 1.29 is 4.74 Å². The summed E-state index contributed by atoms with van der Waals surface area (Å²) in [4.78, 5) is 4.24. The van der Waals surface area contributed by atoms with Crippen molar-refractivity contribution in [3.63, 3.8) is 0 Å². The van der Waals surface area contributed by atoms with Crippen LogP contribution in [0.2, 0.25) is 0 Å². The fourth-order valence-electron chi connectivity index (χ4n) is 2.29. The van der Waals surface area contributed by atoms with Crippen LogP contribution in [0.25, 0.3) is 0 Å². The van der Waals surface area contributed by atoms with Crippen LogP contribution in [0.3, 0.4) is 0 Å². The van der Waals surface area contributed by atoms with E-state index in [4.69, 9.17) is 17.0 Å². The van der Waals surface area contributed by atoms with Crippen LogP contribution in [0.4, 0.5) is 5.82 Å². The molecule has 1 atom stereocenters. The zero-order chi connectivity index (χ0) is 16.1. The number of nitrogens with zero attached hydrogens (tertiary/aromatic N) is 1. The van der Waals surface area contributed by atoms with Crippen molar-refractivity contribution >= 4 is 23.1 Å². The van der Waals surface area contributed by atoms with Crippen LogP contribution in [0.5, 0.6) is 5.75 Å². The van der Waals surface area contributed by atoms with Gasteiger partial charge < -0.3 is 15.4 Å². The largest absolute Gasteiger partial charge is 0.493 e. The Morgan fingerprint density at radius 2 is 2.05 bits per heavy atom. The van der Waals surface area contributed by atoms with Gasteiger partial charge in [-0.2, -0.15) is 0 Å². The van der Waals surface area contributed by atoms with Crippen LogP contribution >= 0.6 is 12.2 Å². The number of hydrogen-bond acceptors (Lipinski definition) is 3. The predicted octanol–water partition coefficient (Wildman–Crippen LogP) is 3.75. The molecule has 0 saturated carbocycles. The van der Waals surface area contributed by atoms with Gasteiger partial charge in [-0.05, 0) is 56.2 Å². The van der Waals surface area contributed by atoms with Crippen LogP contribution in [0.1, 0.15) is 29.7 Å². The summed E-state index contributed by atoms with van der Waals surface area (Å²) < 4.78 is 5.26. The first-order valence-electron chi connectivity index (χ1n) is 7.15. The molecule has 1 heterocycles. The Morgan fingerprint density at radius 1 is 1.27 bits per heavy atom. The second kappa shape index (κ2) is 7.22. The average Bonchev–Trinajstić information content (AvgIpc) is 2.50. The summed E-state index contributed by atoms with van der Waals surface area (Å²) in [7, 11) is 1.61. The molecule has 0 aliphatic heterocycles. The van der Waals surface area contributed by atoms with E-state index in [9.17, 15) is 0 Å². The number of methoxy groups -OCH3 is 1. The summed E-state index contributed by atoms with van der Waals surface area (Å²) in [6.45, 7) is 6.28. The Bertz CT molecular complexity index is 673. The van der Waals surface area contributed by atoms with Crippen LogP contribution in [-0.4, -0.2) is 17.2 Å². The van der Waals surface area contributed by atoms with Gasteiger partial charge in [0.2, 0.25) is 0 Å². The van der Waals surface area contributed by atoms with E-state index in [0.29, 0.717) is 16.7 Å². The minimum Gasteiger partial charge on any atom is -0.493 e. The predicted molar refractivity (Wildman–Crippen MR) is 94.5 cm³/mol. The van der Waals surface area contributed by atoms with Crippen LogP contribution < -0.4 is 15.4 Å². The third-order valence-electron chi connectivity index (χ3n) is 3.47. The van der Waals surface area contributed by atoms with Crippen molar-refractivity contribution in [2.24, 2.45) is 0 Å². The molecule has 2 N–H and O–H groups in total. The van der Waals surface area contributed by atoms with E-state index >= 15 is 0 Å². The highest BCUT2D eigenvalue weighted by Gasteiger charge is 2.11. The molecule has 0 aliphatic rings. The van der Waals surface area contributed by atoms with E-state index in [1.165, 1.54) is 16.7 Å². The lowest BCUT2D eigenvalue weighted by molar-refractivity contribution is 0.415. The van der Waals surface area contributed by atoms with Gasteiger partial charge in [0, 0.05) is 6.20 Å². The first kappa shape index (κ1) is 16.2. The molecule has 4 nitrogen and oxygen atoms in total. The smallest absolute Gasteiger partial charge is 0.174 e. The second-order valence-corrected chi connectivity index (χ2v) is 5.64. The number of anilines is 1. The maximum Gasteiger partial charge on any atom is 0.174 e. The zero-order valence-electron chi connectivity index (χ0n) is 13.3. The van der Waals surface area contributed by atoms with Gasteiger partial charge in [-0.15, -0.1) is 0 Å². The Labute approximate surface area is 136 Å². The maximum atomic E-state index is 5.38. The molecule has 22 heavy (non-hydrogen) atoms. The number of benzene rings is 1. The summed E-state index contributed by atoms with van der Waals surface area (Å²) in [6.07, 6.45) is 1.70. The molecule has 1 aromatic carbocycles. The lowest BCUT2D eigenvalue weighted by Gasteiger charge is -2.20. The van der Waals surface area contributed by atoms with Gasteiger partial charge in [0.25, 0.3) is 0 Å². The molecule has 0 spiro atoms. The van der Waals surface area contributed by atoms with E-state index < -0.39 is 0 Å². The molecule has 0 amide bonds. The third kappa shape index (κ3) is 3.95. The molecule has 0 aliphatic carbocycles. The number of aryl methyl sites for hydroxylation is 2. The molecule has 0 fully saturated rings. The molecule has 2 aromatic rings. The zero-order valence-corrected chi connectivity index (χ0v) is 14.1. The van der Waals surface area contributed by atoms with Crippen molar-refractivity contribution in [1.29, 1.82) is 0 Å². The van der Waals surface area contributed by atoms with Crippen molar-refractivity contribution in [3.05, 3.63) is 53.2 Å². The molecule has 2 rings (SSSR count). The molecule has 0 saturated heterocycles. The minimum absolute atomic E-state index is 0.106. The van der Waals surface area contributed by atoms with Crippen molar-refractivity contribution in [2.75, 3.05) is 12.4 Å². The van der Waals surface area contributed by atoms with Gasteiger partial charge in [-0.1, -0.05) is 23.8 Å². The topological polar surface area (TPSA) is 46.2 Å². The fourth-order valence-corrected chi connectivity index (χ4v) is 2.57. The quantitative estimate of drug-likeness (QED) is 0.841. The van der Waals surface area contributed by atoms with E-state index in [1.807, 2.05) is 12.1 Å². The Morgan fingerprint density at radius 3 is 2.77 bits per heavy atom. The molecule has 0 bridgehead atoms. The first-order valence-corrected chi connectivity index (χ1v) is 7.55. The van der Waals surface area contributed by atoms with E-state index in [-0.39, 0.29) is 6.04 Å². The molecule has 1 aromatic heterocycles. The molecule has 0 unspecified atom stereocenters. The number of ether oxygens (including phenoxy) is 1. The lowest BCUT2D eigenvalue weighted by Crippen LogP contribution is -2.31. The van der Waals surface area contributed by atoms with Gasteiger partial charge >= 0.3 is 0 Å². The average molecular weight is 315 g/mol. The summed E-state index contributed by atoms with van der Waals surface area (Å²) >= 11 is 5.38. The van der Waals surface area contributed by atoms with Crippen molar-refractivity contribution in [1.82, 2.24) is 10.3 Å². The van der Waals surface area contributed by atoms with E-state index in [0.717, 1.165) is 0 Å². The van der Waals surface area contributed by atoms with E-state index in [1.54, 1.807) is 13.3 Å². The highest BCUT2D eigenvalue weighted by atomic mass is 32.1. The SMILES string of the molecule is COc1cccnc1NC(=S)N[C@H](C)c1cc(C)ccc1C. The number of thiocarbonyl (C=S) groups is 1. The minimum atomic E-state index is 0.106. The Kier molecular flexibility index (Phi) is 5.33. The summed E-state index contributed by atoms with van der Waals surface area (Å²) in [5, 5.41) is 6.89. The molecule has 0 radical (unpaired) electrons. The lowest BCUT2D eigenvalue weighted by atomic mass is 10.0. The Balaban J connectivity index is 2.07.